The van der Waals surface area contributed by atoms with Crippen LogP contribution >= 0.6 is 0 Å². The highest BCUT2D eigenvalue weighted by Crippen LogP contribution is 2.13. The Labute approximate surface area is 132 Å². The number of rotatable bonds is 8. The molecule has 0 radical (unpaired) electrons. The quantitative estimate of drug-likeness (QED) is 0.423. The molecule has 0 spiro atoms. The molecule has 0 aromatic carbocycles. The lowest BCUT2D eigenvalue weighted by atomic mass is 9.94. The molecule has 0 bridgehead atoms. The van der Waals surface area contributed by atoms with Gasteiger partial charge in [0.25, 0.3) is 0 Å². The Kier molecular flexibility index (Phi) is 8.45. The molecule has 0 rings (SSSR count). The van der Waals surface area contributed by atoms with Crippen LogP contribution in [0.15, 0.2) is 12.7 Å². The summed E-state index contributed by atoms with van der Waals surface area (Å²) in [7, 11) is 0. The summed E-state index contributed by atoms with van der Waals surface area (Å²) in [6, 6.07) is -0.860. The van der Waals surface area contributed by atoms with E-state index in [1.54, 1.807) is 34.6 Å². The topological polar surface area (TPSA) is 81.7 Å². The van der Waals surface area contributed by atoms with E-state index in [-0.39, 0.29) is 13.0 Å². The van der Waals surface area contributed by atoms with E-state index >= 15 is 0 Å². The first-order valence-corrected chi connectivity index (χ1v) is 7.47. The first-order valence-electron chi connectivity index (χ1n) is 7.47. The smallest absolute Gasteiger partial charge is 0.408 e. The predicted octanol–water partition coefficient (Wildman–Crippen LogP) is 2.61. The van der Waals surface area contributed by atoms with Crippen molar-refractivity contribution in [3.63, 3.8) is 0 Å². The van der Waals surface area contributed by atoms with Crippen LogP contribution in [0.5, 0.6) is 0 Å². The normalized spacial score (nSPS) is 13.7. The summed E-state index contributed by atoms with van der Waals surface area (Å²) in [5.74, 6) is -1.87. The van der Waals surface area contributed by atoms with Crippen LogP contribution in [0.3, 0.4) is 0 Å². The largest absolute Gasteiger partial charge is 0.465 e. The minimum Gasteiger partial charge on any atom is -0.465 e. The SMILES string of the molecule is C=CCC(NC(=O)OC(C)(C)C)C(=O)C(CC)C(=O)OCC. The zero-order valence-electron chi connectivity index (χ0n) is 14.1. The zero-order chi connectivity index (χ0) is 17.3. The maximum atomic E-state index is 12.5. The Morgan fingerprint density at radius 2 is 1.82 bits per heavy atom. The lowest BCUT2D eigenvalue weighted by Gasteiger charge is -2.24. The van der Waals surface area contributed by atoms with Crippen LogP contribution in [-0.2, 0) is 19.1 Å². The summed E-state index contributed by atoms with van der Waals surface area (Å²) in [4.78, 5) is 36.1. The van der Waals surface area contributed by atoms with E-state index in [1.807, 2.05) is 0 Å². The average molecular weight is 313 g/mol. The van der Waals surface area contributed by atoms with E-state index in [0.29, 0.717) is 6.42 Å². The summed E-state index contributed by atoms with van der Waals surface area (Å²) in [6.07, 6.45) is 1.33. The summed E-state index contributed by atoms with van der Waals surface area (Å²) >= 11 is 0. The van der Waals surface area contributed by atoms with E-state index in [2.05, 4.69) is 11.9 Å². The number of hydrogen-bond donors (Lipinski definition) is 1. The minimum absolute atomic E-state index is 0.203. The fourth-order valence-electron chi connectivity index (χ4n) is 1.83. The molecular weight excluding hydrogens is 286 g/mol. The van der Waals surface area contributed by atoms with Gasteiger partial charge in [0.05, 0.1) is 12.6 Å². The number of Topliss-reactive ketones (excluding diaryl/α,β-unsaturated/α-hetero) is 1. The van der Waals surface area contributed by atoms with Crippen molar-refractivity contribution in [3.8, 4) is 0 Å². The van der Waals surface area contributed by atoms with Crippen molar-refractivity contribution >= 4 is 17.8 Å². The Morgan fingerprint density at radius 3 is 2.23 bits per heavy atom. The molecule has 0 saturated carbocycles. The molecule has 2 atom stereocenters. The van der Waals surface area contributed by atoms with Gasteiger partial charge in [-0.3, -0.25) is 9.59 Å². The molecule has 0 aliphatic carbocycles. The van der Waals surface area contributed by atoms with Crippen LogP contribution in [0, 0.1) is 5.92 Å². The molecule has 0 heterocycles. The van der Waals surface area contributed by atoms with Gasteiger partial charge in [-0.15, -0.1) is 6.58 Å². The van der Waals surface area contributed by atoms with Gasteiger partial charge in [-0.25, -0.2) is 4.79 Å². The fraction of sp³-hybridized carbons (Fsp3) is 0.688. The van der Waals surface area contributed by atoms with Crippen molar-refractivity contribution in [1.82, 2.24) is 5.32 Å². The van der Waals surface area contributed by atoms with E-state index < -0.39 is 35.4 Å². The Morgan fingerprint density at radius 1 is 1.23 bits per heavy atom. The number of carbonyl (C=O) groups excluding carboxylic acids is 3. The fourth-order valence-corrected chi connectivity index (χ4v) is 1.83. The van der Waals surface area contributed by atoms with Crippen LogP contribution in [0.2, 0.25) is 0 Å². The summed E-state index contributed by atoms with van der Waals surface area (Å²) in [5.41, 5.74) is -0.669. The first kappa shape index (κ1) is 20.1. The molecule has 126 valence electrons. The van der Waals surface area contributed by atoms with Crippen molar-refractivity contribution in [1.29, 1.82) is 0 Å². The molecule has 22 heavy (non-hydrogen) atoms. The number of ether oxygens (including phenoxy) is 2. The van der Waals surface area contributed by atoms with Gasteiger partial charge < -0.3 is 14.8 Å². The van der Waals surface area contributed by atoms with Gasteiger partial charge in [0.1, 0.15) is 11.5 Å². The summed E-state index contributed by atoms with van der Waals surface area (Å²) in [5, 5.41) is 2.50. The summed E-state index contributed by atoms with van der Waals surface area (Å²) < 4.78 is 10.0. The molecule has 0 aromatic rings. The second kappa shape index (κ2) is 9.23. The summed E-state index contributed by atoms with van der Waals surface area (Å²) in [6.45, 7) is 12.3. The highest BCUT2D eigenvalue weighted by Gasteiger charge is 2.33. The second-order valence-electron chi connectivity index (χ2n) is 5.84. The Bertz CT molecular complexity index is 411. The van der Waals surface area contributed by atoms with Crippen LogP contribution in [0.25, 0.3) is 0 Å². The third-order valence-electron chi connectivity index (χ3n) is 2.76. The molecule has 0 saturated heterocycles. The third-order valence-corrected chi connectivity index (χ3v) is 2.76. The molecule has 0 aromatic heterocycles. The molecule has 0 fully saturated rings. The van der Waals surface area contributed by atoms with Gasteiger partial charge in [0, 0.05) is 0 Å². The van der Waals surface area contributed by atoms with E-state index in [0.717, 1.165) is 0 Å². The van der Waals surface area contributed by atoms with Crippen molar-refractivity contribution in [3.05, 3.63) is 12.7 Å². The van der Waals surface area contributed by atoms with Gasteiger partial charge in [-0.05, 0) is 40.5 Å². The molecule has 1 amide bonds. The predicted molar refractivity (Wildman–Crippen MR) is 83.4 cm³/mol. The first-order chi connectivity index (χ1) is 10.2. The highest BCUT2D eigenvalue weighted by atomic mass is 16.6. The van der Waals surface area contributed by atoms with Crippen LogP contribution in [0.4, 0.5) is 4.79 Å². The second-order valence-corrected chi connectivity index (χ2v) is 5.84. The van der Waals surface area contributed by atoms with Crippen molar-refractivity contribution in [2.75, 3.05) is 6.61 Å². The molecule has 6 heteroatoms. The molecule has 1 N–H and O–H groups in total. The van der Waals surface area contributed by atoms with Gasteiger partial charge in [-0.2, -0.15) is 0 Å². The van der Waals surface area contributed by atoms with Crippen LogP contribution in [-0.4, -0.2) is 36.1 Å². The number of nitrogens with one attached hydrogen (secondary N) is 1. The molecule has 0 aliphatic heterocycles. The monoisotopic (exact) mass is 313 g/mol. The van der Waals surface area contributed by atoms with Crippen molar-refractivity contribution < 1.29 is 23.9 Å². The molecule has 2 unspecified atom stereocenters. The van der Waals surface area contributed by atoms with Crippen molar-refractivity contribution in [2.24, 2.45) is 5.92 Å². The number of esters is 1. The average Bonchev–Trinajstić information content (AvgIpc) is 2.37. The van der Waals surface area contributed by atoms with Crippen molar-refractivity contribution in [2.45, 2.75) is 59.1 Å². The third kappa shape index (κ3) is 7.24. The van der Waals surface area contributed by atoms with Gasteiger partial charge >= 0.3 is 12.1 Å². The lowest BCUT2D eigenvalue weighted by molar-refractivity contribution is -0.152. The van der Waals surface area contributed by atoms with E-state index in [4.69, 9.17) is 9.47 Å². The Hall–Kier alpha value is -1.85. The van der Waals surface area contributed by atoms with Crippen LogP contribution in [0.1, 0.15) is 47.5 Å². The number of amides is 1. The number of alkyl carbamates (subject to hydrolysis) is 1. The number of carbonyl (C=O) groups is 3. The lowest BCUT2D eigenvalue weighted by Crippen LogP contribution is -2.47. The zero-order valence-corrected chi connectivity index (χ0v) is 14.1. The standard InChI is InChI=1S/C16H27NO5/c1-7-10-12(17-15(20)22-16(4,5)6)13(18)11(8-2)14(19)21-9-3/h7,11-12H,1,8-10H2,2-6H3,(H,17,20). The van der Waals surface area contributed by atoms with Gasteiger partial charge in [0.2, 0.25) is 0 Å². The highest BCUT2D eigenvalue weighted by molar-refractivity contribution is 6.02. The number of hydrogen-bond acceptors (Lipinski definition) is 5. The Balaban J connectivity index is 4.98. The molecular formula is C16H27NO5. The van der Waals surface area contributed by atoms with Gasteiger partial charge in [-0.1, -0.05) is 13.0 Å². The van der Waals surface area contributed by atoms with Crippen LogP contribution < -0.4 is 5.32 Å². The maximum absolute atomic E-state index is 12.5. The maximum Gasteiger partial charge on any atom is 0.408 e. The molecule has 6 nitrogen and oxygen atoms in total. The minimum atomic E-state index is -0.903. The number of ketones is 1. The van der Waals surface area contributed by atoms with E-state index in [9.17, 15) is 14.4 Å². The molecule has 0 aliphatic rings. The van der Waals surface area contributed by atoms with E-state index in [1.165, 1.54) is 6.08 Å². The van der Waals surface area contributed by atoms with Gasteiger partial charge in [0.15, 0.2) is 5.78 Å².